The Labute approximate surface area is 221 Å². The zero-order valence-electron chi connectivity index (χ0n) is 22.8. The van der Waals surface area contributed by atoms with Crippen molar-refractivity contribution in [3.63, 3.8) is 0 Å². The number of anilines is 1. The minimum absolute atomic E-state index is 0.317. The topological polar surface area (TPSA) is 66.0 Å². The summed E-state index contributed by atoms with van der Waals surface area (Å²) in [7, 11) is 0. The molecule has 0 aliphatic heterocycles. The molecule has 1 aliphatic rings. The number of aliphatic imine (C=N–C) groups is 1. The Balaban J connectivity index is 0.000000319. The Morgan fingerprint density at radius 1 is 1.11 bits per heavy atom. The van der Waals surface area contributed by atoms with Gasteiger partial charge in [-0.2, -0.15) is 0 Å². The van der Waals surface area contributed by atoms with Crippen LogP contribution in [-0.2, 0) is 6.42 Å². The van der Waals surface area contributed by atoms with Gasteiger partial charge in [0.2, 0.25) is 0 Å². The molecule has 0 aromatic carbocycles. The summed E-state index contributed by atoms with van der Waals surface area (Å²) in [6.45, 7) is 8.80. The second-order valence-corrected chi connectivity index (χ2v) is 9.80. The zero-order chi connectivity index (χ0) is 26.5. The van der Waals surface area contributed by atoms with E-state index in [4.69, 9.17) is 4.99 Å². The van der Waals surface area contributed by atoms with Crippen LogP contribution in [0.4, 0.5) is 10.1 Å². The molecule has 3 aromatic heterocycles. The van der Waals surface area contributed by atoms with Crippen molar-refractivity contribution in [2.75, 3.05) is 5.32 Å². The first-order valence-corrected chi connectivity index (χ1v) is 13.8. The van der Waals surface area contributed by atoms with Gasteiger partial charge in [0.1, 0.15) is 0 Å². The molecule has 6 heteroatoms. The van der Waals surface area contributed by atoms with Crippen molar-refractivity contribution in [3.05, 3.63) is 84.0 Å². The van der Waals surface area contributed by atoms with E-state index in [1.807, 2.05) is 43.5 Å². The Kier molecular flexibility index (Phi) is 11.5. The van der Waals surface area contributed by atoms with Crippen molar-refractivity contribution < 1.29 is 4.39 Å². The van der Waals surface area contributed by atoms with Crippen molar-refractivity contribution in [3.8, 4) is 0 Å². The number of rotatable bonds is 8. The maximum Gasteiger partial charge on any atom is 0.164 e. The Morgan fingerprint density at radius 2 is 1.92 bits per heavy atom. The first-order valence-electron chi connectivity index (χ1n) is 13.8. The minimum atomic E-state index is -0.436. The summed E-state index contributed by atoms with van der Waals surface area (Å²) >= 11 is 0. The third-order valence-electron chi connectivity index (χ3n) is 6.87. The molecular weight excluding hydrogens is 461 g/mol. The number of hydrogen-bond acceptors (Lipinski definition) is 3. The summed E-state index contributed by atoms with van der Waals surface area (Å²) < 4.78 is 14.2. The zero-order valence-corrected chi connectivity index (χ0v) is 22.8. The molecule has 4 rings (SSSR count). The van der Waals surface area contributed by atoms with Crippen molar-refractivity contribution in [2.24, 2.45) is 16.8 Å². The van der Waals surface area contributed by atoms with E-state index < -0.39 is 5.82 Å². The van der Waals surface area contributed by atoms with E-state index in [1.54, 1.807) is 18.5 Å². The standard InChI is InChI=1S/C21H22FN5.C10H20/c1-3-7-19(18-8-5-6-11-24-18)27-21(20-15(4-2)9-13-25-20)26-17-10-12-23-14-16(17)22;1-3-4-10-7-5-9(2)6-8-10/h5-14,25H,3-4H2,1-2H3,(H,23,26,27);9-10H,3-8H2,1-2H3/b19-7+;. The highest BCUT2D eigenvalue weighted by atomic mass is 19.1. The molecule has 198 valence electrons. The van der Waals surface area contributed by atoms with E-state index >= 15 is 0 Å². The fraction of sp³-hybridized carbons (Fsp3) is 0.452. The number of nitrogens with one attached hydrogen (secondary N) is 2. The third kappa shape index (κ3) is 8.66. The van der Waals surface area contributed by atoms with Crippen LogP contribution in [0.1, 0.15) is 89.6 Å². The van der Waals surface area contributed by atoms with Crippen LogP contribution in [0.15, 0.2) is 66.2 Å². The van der Waals surface area contributed by atoms with Gasteiger partial charge in [0.15, 0.2) is 11.7 Å². The molecule has 37 heavy (non-hydrogen) atoms. The molecule has 0 unspecified atom stereocenters. The maximum atomic E-state index is 14.2. The number of pyridine rings is 2. The van der Waals surface area contributed by atoms with Gasteiger partial charge in [-0.15, -0.1) is 0 Å². The molecule has 0 amide bonds. The van der Waals surface area contributed by atoms with E-state index in [0.29, 0.717) is 11.5 Å². The van der Waals surface area contributed by atoms with Crippen LogP contribution in [0.5, 0.6) is 0 Å². The summed E-state index contributed by atoms with van der Waals surface area (Å²) in [5, 5.41) is 3.12. The quantitative estimate of drug-likeness (QED) is 0.239. The monoisotopic (exact) mass is 503 g/mol. The molecule has 2 N–H and O–H groups in total. The Bertz CT molecular complexity index is 1130. The number of amidine groups is 1. The minimum Gasteiger partial charge on any atom is -0.358 e. The number of allylic oxidation sites excluding steroid dienone is 1. The van der Waals surface area contributed by atoms with Crippen LogP contribution < -0.4 is 5.32 Å². The van der Waals surface area contributed by atoms with Crippen molar-refractivity contribution >= 4 is 17.2 Å². The molecule has 0 spiro atoms. The average molecular weight is 504 g/mol. The highest BCUT2D eigenvalue weighted by Gasteiger charge is 2.17. The molecule has 1 saturated carbocycles. The van der Waals surface area contributed by atoms with Gasteiger partial charge >= 0.3 is 0 Å². The van der Waals surface area contributed by atoms with Gasteiger partial charge < -0.3 is 10.3 Å². The molecule has 1 fully saturated rings. The molecular formula is C31H42FN5. The largest absolute Gasteiger partial charge is 0.358 e. The first-order chi connectivity index (χ1) is 18.0. The number of hydrogen-bond donors (Lipinski definition) is 2. The normalized spacial score (nSPS) is 18.2. The Morgan fingerprint density at radius 3 is 2.57 bits per heavy atom. The Hall–Kier alpha value is -3.28. The first kappa shape index (κ1) is 28.3. The van der Waals surface area contributed by atoms with Crippen molar-refractivity contribution in [2.45, 2.75) is 79.1 Å². The fourth-order valence-electron chi connectivity index (χ4n) is 4.73. The highest BCUT2D eigenvalue weighted by molar-refractivity contribution is 6.10. The van der Waals surface area contributed by atoms with E-state index in [0.717, 1.165) is 47.3 Å². The molecule has 3 aromatic rings. The number of aromatic nitrogens is 3. The van der Waals surface area contributed by atoms with E-state index in [9.17, 15) is 4.39 Å². The SMILES string of the molecule is CC/C=C(/N=C(Nc1ccncc1F)c1[nH]ccc1CC)c1ccccn1.CCCC1CCC(C)CC1. The van der Waals surface area contributed by atoms with Crippen molar-refractivity contribution in [1.29, 1.82) is 0 Å². The van der Waals surface area contributed by atoms with Crippen LogP contribution in [0, 0.1) is 17.7 Å². The van der Waals surface area contributed by atoms with Gasteiger partial charge in [0.05, 0.1) is 29.0 Å². The van der Waals surface area contributed by atoms with E-state index in [-0.39, 0.29) is 0 Å². The highest BCUT2D eigenvalue weighted by Crippen LogP contribution is 2.30. The predicted octanol–water partition coefficient (Wildman–Crippen LogP) is 8.43. The average Bonchev–Trinajstić information content (AvgIpc) is 3.40. The summed E-state index contributed by atoms with van der Waals surface area (Å²) in [4.78, 5) is 16.2. The van der Waals surface area contributed by atoms with Crippen LogP contribution in [0.3, 0.4) is 0 Å². The van der Waals surface area contributed by atoms with Gasteiger partial charge in [-0.05, 0) is 54.5 Å². The van der Waals surface area contributed by atoms with Gasteiger partial charge in [-0.25, -0.2) is 9.38 Å². The van der Waals surface area contributed by atoms with E-state index in [1.165, 1.54) is 44.7 Å². The van der Waals surface area contributed by atoms with Gasteiger partial charge in [0.25, 0.3) is 0 Å². The van der Waals surface area contributed by atoms with Crippen LogP contribution in [-0.4, -0.2) is 20.8 Å². The lowest BCUT2D eigenvalue weighted by Gasteiger charge is -2.25. The molecule has 0 saturated heterocycles. The lowest BCUT2D eigenvalue weighted by Crippen LogP contribution is -2.17. The molecule has 1 aliphatic carbocycles. The second kappa shape index (κ2) is 15.1. The molecule has 0 bridgehead atoms. The summed E-state index contributed by atoms with van der Waals surface area (Å²) in [5.74, 6) is 2.20. The summed E-state index contributed by atoms with van der Waals surface area (Å²) in [6, 6.07) is 9.28. The van der Waals surface area contributed by atoms with Crippen LogP contribution in [0.2, 0.25) is 0 Å². The molecule has 0 radical (unpaired) electrons. The number of H-pyrrole nitrogens is 1. The maximum absolute atomic E-state index is 14.2. The van der Waals surface area contributed by atoms with Gasteiger partial charge in [-0.1, -0.05) is 78.4 Å². The third-order valence-corrected chi connectivity index (χ3v) is 6.87. The number of nitrogens with zero attached hydrogens (tertiary/aromatic N) is 3. The van der Waals surface area contributed by atoms with Crippen LogP contribution in [0.25, 0.3) is 5.70 Å². The van der Waals surface area contributed by atoms with Crippen LogP contribution >= 0.6 is 0 Å². The smallest absolute Gasteiger partial charge is 0.164 e. The fourth-order valence-corrected chi connectivity index (χ4v) is 4.73. The number of aromatic amines is 1. The lowest BCUT2D eigenvalue weighted by molar-refractivity contribution is 0.276. The second-order valence-electron chi connectivity index (χ2n) is 9.80. The van der Waals surface area contributed by atoms with Gasteiger partial charge in [0, 0.05) is 18.6 Å². The number of aryl methyl sites for hydroxylation is 1. The summed E-state index contributed by atoms with van der Waals surface area (Å²) in [5.41, 5.74) is 3.72. The molecule has 3 heterocycles. The molecule has 5 nitrogen and oxygen atoms in total. The van der Waals surface area contributed by atoms with Crippen molar-refractivity contribution in [1.82, 2.24) is 15.0 Å². The summed E-state index contributed by atoms with van der Waals surface area (Å²) in [6.07, 6.45) is 18.8. The molecule has 0 atom stereocenters. The lowest BCUT2D eigenvalue weighted by atomic mass is 9.81. The predicted molar refractivity (Wildman–Crippen MR) is 153 cm³/mol. The van der Waals surface area contributed by atoms with Gasteiger partial charge in [-0.3, -0.25) is 9.97 Å². The van der Waals surface area contributed by atoms with E-state index in [2.05, 4.69) is 41.0 Å². The number of halogens is 1.